The van der Waals surface area contributed by atoms with Gasteiger partial charge in [0.25, 0.3) is 0 Å². The summed E-state index contributed by atoms with van der Waals surface area (Å²) in [5, 5.41) is 8.47. The third-order valence-electron chi connectivity index (χ3n) is 4.01. The molecule has 0 aliphatic carbocycles. The van der Waals surface area contributed by atoms with E-state index in [9.17, 15) is 4.79 Å². The number of para-hydroxylation sites is 1. The number of aromatic nitrogens is 2. The summed E-state index contributed by atoms with van der Waals surface area (Å²) in [6.07, 6.45) is 0.832. The standard InChI is InChI=1S/C20H15N3O/c24-14-23(16-9-5-2-6-10-16)17-11-12-19-18(13-17)20(22-21-19)15-7-3-1-4-8-15/h1-14H,(H,21,22). The predicted octanol–water partition coefficient (Wildman–Crippen LogP) is 4.52. The summed E-state index contributed by atoms with van der Waals surface area (Å²) in [5.74, 6) is 0. The molecule has 0 bridgehead atoms. The van der Waals surface area contributed by atoms with Gasteiger partial charge in [-0.1, -0.05) is 48.5 Å². The number of amides is 1. The first-order chi connectivity index (χ1) is 11.9. The average Bonchev–Trinajstić information content (AvgIpc) is 3.07. The highest BCUT2D eigenvalue weighted by Crippen LogP contribution is 2.31. The van der Waals surface area contributed by atoms with Gasteiger partial charge in [-0.05, 0) is 30.3 Å². The minimum atomic E-state index is 0.808. The van der Waals surface area contributed by atoms with Gasteiger partial charge >= 0.3 is 0 Å². The number of carbonyl (C=O) groups excluding carboxylic acids is 1. The Morgan fingerprint density at radius 3 is 2.25 bits per heavy atom. The minimum absolute atomic E-state index is 0.808. The molecule has 24 heavy (non-hydrogen) atoms. The normalized spacial score (nSPS) is 10.7. The molecule has 4 heteroatoms. The highest BCUT2D eigenvalue weighted by atomic mass is 16.1. The lowest BCUT2D eigenvalue weighted by molar-refractivity contribution is -0.106. The van der Waals surface area contributed by atoms with Crippen LogP contribution in [0.1, 0.15) is 0 Å². The van der Waals surface area contributed by atoms with Crippen molar-refractivity contribution in [2.75, 3.05) is 4.90 Å². The van der Waals surface area contributed by atoms with E-state index in [0.717, 1.165) is 39.9 Å². The molecule has 1 heterocycles. The molecule has 0 aliphatic heterocycles. The molecule has 1 N–H and O–H groups in total. The number of hydrogen-bond acceptors (Lipinski definition) is 2. The van der Waals surface area contributed by atoms with Crippen molar-refractivity contribution >= 4 is 28.7 Å². The maximum absolute atomic E-state index is 11.6. The first-order valence-corrected chi connectivity index (χ1v) is 7.70. The van der Waals surface area contributed by atoms with Gasteiger partial charge in [-0.25, -0.2) is 0 Å². The average molecular weight is 313 g/mol. The third kappa shape index (κ3) is 2.44. The van der Waals surface area contributed by atoms with Crippen molar-refractivity contribution < 1.29 is 4.79 Å². The van der Waals surface area contributed by atoms with Crippen molar-refractivity contribution in [1.82, 2.24) is 10.2 Å². The predicted molar refractivity (Wildman–Crippen MR) is 96.2 cm³/mol. The molecule has 0 aliphatic rings. The second-order valence-electron chi connectivity index (χ2n) is 5.48. The quantitative estimate of drug-likeness (QED) is 0.563. The van der Waals surface area contributed by atoms with Gasteiger partial charge in [0.05, 0.1) is 11.2 Å². The van der Waals surface area contributed by atoms with Crippen molar-refractivity contribution in [3.8, 4) is 11.3 Å². The van der Waals surface area contributed by atoms with Crippen LogP contribution in [0.15, 0.2) is 78.9 Å². The lowest BCUT2D eigenvalue weighted by atomic mass is 10.1. The van der Waals surface area contributed by atoms with Crippen LogP contribution in [-0.2, 0) is 4.79 Å². The van der Waals surface area contributed by atoms with Crippen molar-refractivity contribution in [2.45, 2.75) is 0 Å². The molecule has 4 rings (SSSR count). The number of nitrogens with one attached hydrogen (secondary N) is 1. The third-order valence-corrected chi connectivity index (χ3v) is 4.01. The van der Waals surface area contributed by atoms with Gasteiger partial charge in [0.2, 0.25) is 6.41 Å². The first kappa shape index (κ1) is 14.2. The van der Waals surface area contributed by atoms with Crippen LogP contribution < -0.4 is 4.90 Å². The summed E-state index contributed by atoms with van der Waals surface area (Å²) < 4.78 is 0. The number of anilines is 2. The van der Waals surface area contributed by atoms with Crippen LogP contribution in [0.4, 0.5) is 11.4 Å². The van der Waals surface area contributed by atoms with Crippen LogP contribution in [0.25, 0.3) is 22.2 Å². The van der Waals surface area contributed by atoms with Gasteiger partial charge in [0.1, 0.15) is 0 Å². The molecule has 0 spiro atoms. The monoisotopic (exact) mass is 313 g/mol. The van der Waals surface area contributed by atoms with Gasteiger partial charge in [0, 0.05) is 22.3 Å². The van der Waals surface area contributed by atoms with Gasteiger partial charge in [-0.15, -0.1) is 0 Å². The Hall–Kier alpha value is -3.40. The zero-order chi connectivity index (χ0) is 16.4. The number of H-pyrrole nitrogens is 1. The molecule has 116 valence electrons. The van der Waals surface area contributed by atoms with Crippen LogP contribution in [0.5, 0.6) is 0 Å². The van der Waals surface area contributed by atoms with E-state index in [4.69, 9.17) is 0 Å². The maximum Gasteiger partial charge on any atom is 0.218 e. The fourth-order valence-corrected chi connectivity index (χ4v) is 2.83. The Morgan fingerprint density at radius 2 is 1.54 bits per heavy atom. The Morgan fingerprint density at radius 1 is 0.833 bits per heavy atom. The van der Waals surface area contributed by atoms with Crippen LogP contribution in [0.2, 0.25) is 0 Å². The number of rotatable bonds is 4. The van der Waals surface area contributed by atoms with Crippen molar-refractivity contribution in [1.29, 1.82) is 0 Å². The molecule has 0 radical (unpaired) electrons. The number of benzene rings is 3. The topological polar surface area (TPSA) is 49.0 Å². The number of aromatic amines is 1. The van der Waals surface area contributed by atoms with E-state index in [1.54, 1.807) is 4.90 Å². The van der Waals surface area contributed by atoms with E-state index < -0.39 is 0 Å². The molecule has 0 unspecified atom stereocenters. The molecule has 1 aromatic heterocycles. The van der Waals surface area contributed by atoms with Crippen molar-refractivity contribution in [3.63, 3.8) is 0 Å². The van der Waals surface area contributed by atoms with Crippen LogP contribution in [0, 0.1) is 0 Å². The molecule has 0 saturated heterocycles. The first-order valence-electron chi connectivity index (χ1n) is 7.70. The fourth-order valence-electron chi connectivity index (χ4n) is 2.83. The lowest BCUT2D eigenvalue weighted by Gasteiger charge is -2.17. The zero-order valence-corrected chi connectivity index (χ0v) is 12.9. The van der Waals surface area contributed by atoms with E-state index in [1.165, 1.54) is 0 Å². The Labute approximate surface area is 139 Å². The van der Waals surface area contributed by atoms with Crippen LogP contribution in [-0.4, -0.2) is 16.6 Å². The second kappa shape index (κ2) is 6.01. The highest BCUT2D eigenvalue weighted by Gasteiger charge is 2.12. The number of carbonyl (C=O) groups is 1. The Balaban J connectivity index is 1.84. The summed E-state index contributed by atoms with van der Waals surface area (Å²) >= 11 is 0. The molecule has 0 atom stereocenters. The SMILES string of the molecule is O=CN(c1ccccc1)c1ccc2[nH]nc(-c3ccccc3)c2c1. The molecule has 0 fully saturated rings. The highest BCUT2D eigenvalue weighted by molar-refractivity contribution is 5.98. The summed E-state index contributed by atoms with van der Waals surface area (Å²) in [6.45, 7) is 0. The second-order valence-corrected chi connectivity index (χ2v) is 5.48. The number of hydrogen-bond donors (Lipinski definition) is 1. The fraction of sp³-hybridized carbons (Fsp3) is 0. The van der Waals surface area contributed by atoms with E-state index in [1.807, 2.05) is 78.9 Å². The smallest absolute Gasteiger partial charge is 0.218 e. The van der Waals surface area contributed by atoms with Gasteiger partial charge in [-0.2, -0.15) is 5.10 Å². The van der Waals surface area contributed by atoms with Crippen LogP contribution >= 0.6 is 0 Å². The van der Waals surface area contributed by atoms with Crippen LogP contribution in [0.3, 0.4) is 0 Å². The Bertz CT molecular complexity index is 978. The summed E-state index contributed by atoms with van der Waals surface area (Å²) in [6, 6.07) is 25.4. The van der Waals surface area contributed by atoms with Crippen molar-refractivity contribution in [2.24, 2.45) is 0 Å². The molecule has 3 aromatic carbocycles. The Kier molecular flexibility index (Phi) is 3.56. The van der Waals surface area contributed by atoms with E-state index in [-0.39, 0.29) is 0 Å². The maximum atomic E-state index is 11.6. The lowest BCUT2D eigenvalue weighted by Crippen LogP contribution is -2.13. The van der Waals surface area contributed by atoms with Gasteiger partial charge in [0.15, 0.2) is 0 Å². The van der Waals surface area contributed by atoms with E-state index in [0.29, 0.717) is 0 Å². The summed E-state index contributed by atoms with van der Waals surface area (Å²) in [7, 11) is 0. The molecule has 0 saturated carbocycles. The van der Waals surface area contributed by atoms with Gasteiger partial charge < -0.3 is 0 Å². The van der Waals surface area contributed by atoms with E-state index in [2.05, 4.69) is 10.2 Å². The zero-order valence-electron chi connectivity index (χ0n) is 12.9. The molecular formula is C20H15N3O. The molecule has 4 nitrogen and oxygen atoms in total. The molecular weight excluding hydrogens is 298 g/mol. The van der Waals surface area contributed by atoms with Crippen molar-refractivity contribution in [3.05, 3.63) is 78.9 Å². The minimum Gasteiger partial charge on any atom is -0.284 e. The largest absolute Gasteiger partial charge is 0.284 e. The summed E-state index contributed by atoms with van der Waals surface area (Å²) in [4.78, 5) is 13.3. The summed E-state index contributed by atoms with van der Waals surface area (Å²) in [5.41, 5.74) is 4.50. The number of fused-ring (bicyclic) bond motifs is 1. The van der Waals surface area contributed by atoms with Gasteiger partial charge in [-0.3, -0.25) is 14.8 Å². The number of nitrogens with zero attached hydrogens (tertiary/aromatic N) is 2. The molecule has 1 amide bonds. The molecule has 4 aromatic rings. The van der Waals surface area contributed by atoms with E-state index >= 15 is 0 Å².